The van der Waals surface area contributed by atoms with Crippen LogP contribution in [0, 0.1) is 0 Å². The summed E-state index contributed by atoms with van der Waals surface area (Å²) in [5.41, 5.74) is 13.6. The number of nitrogens with one attached hydrogen (secondary N) is 1. The molecule has 5 N–H and O–H groups in total. The van der Waals surface area contributed by atoms with E-state index >= 15 is 0 Å². The quantitative estimate of drug-likeness (QED) is 0.662. The van der Waals surface area contributed by atoms with Gasteiger partial charge in [-0.15, -0.1) is 0 Å². The smallest absolute Gasteiger partial charge is 0.0568 e. The molecule has 0 atom stereocenters. The first-order chi connectivity index (χ1) is 7.50. The van der Waals surface area contributed by atoms with Crippen LogP contribution in [0.1, 0.15) is 13.8 Å². The summed E-state index contributed by atoms with van der Waals surface area (Å²) in [5.74, 6) is 0. The number of nitrogen functional groups attached to an aromatic ring is 2. The van der Waals surface area contributed by atoms with Gasteiger partial charge in [-0.2, -0.15) is 0 Å². The van der Waals surface area contributed by atoms with Crippen LogP contribution in [-0.4, -0.2) is 31.1 Å². The molecule has 1 rings (SSSR count). The summed E-state index contributed by atoms with van der Waals surface area (Å²) in [6, 6.07) is 6.20. The molecule has 1 aromatic carbocycles. The normalized spacial score (nSPS) is 11.1. The van der Waals surface area contributed by atoms with E-state index in [1.165, 1.54) is 0 Å². The number of likely N-dealkylation sites (N-methyl/N-ethyl adjacent to an activating group) is 1. The van der Waals surface area contributed by atoms with Gasteiger partial charge in [0.1, 0.15) is 0 Å². The van der Waals surface area contributed by atoms with Gasteiger partial charge < -0.3 is 21.7 Å². The van der Waals surface area contributed by atoms with Crippen LogP contribution in [-0.2, 0) is 0 Å². The molecule has 1 aromatic rings. The highest BCUT2D eigenvalue weighted by molar-refractivity contribution is 5.69. The molecule has 0 bridgehead atoms. The molecule has 0 heterocycles. The second-order valence-electron chi connectivity index (χ2n) is 4.34. The zero-order valence-corrected chi connectivity index (χ0v) is 10.3. The molecule has 0 aliphatic heterocycles. The zero-order chi connectivity index (χ0) is 12.1. The standard InChI is InChI=1S/C12H22N4/c1-9(2)16(3)7-6-15-10-4-5-11(13)12(14)8-10/h4-5,8-9,15H,6-7,13-14H2,1-3H3. The average molecular weight is 222 g/mol. The van der Waals surface area contributed by atoms with Crippen LogP contribution < -0.4 is 16.8 Å². The largest absolute Gasteiger partial charge is 0.397 e. The van der Waals surface area contributed by atoms with Gasteiger partial charge in [-0.05, 0) is 39.1 Å². The van der Waals surface area contributed by atoms with E-state index in [1.807, 2.05) is 18.2 Å². The predicted octanol–water partition coefficient (Wildman–Crippen LogP) is 1.60. The Balaban J connectivity index is 2.40. The predicted molar refractivity (Wildman–Crippen MR) is 71.5 cm³/mol. The van der Waals surface area contributed by atoms with E-state index in [1.54, 1.807) is 0 Å². The van der Waals surface area contributed by atoms with Crippen molar-refractivity contribution in [2.75, 3.05) is 36.9 Å². The van der Waals surface area contributed by atoms with Gasteiger partial charge in [0.25, 0.3) is 0 Å². The minimum absolute atomic E-state index is 0.568. The SMILES string of the molecule is CC(C)N(C)CCNc1ccc(N)c(N)c1. The lowest BCUT2D eigenvalue weighted by Crippen LogP contribution is -2.31. The van der Waals surface area contributed by atoms with Gasteiger partial charge in [-0.25, -0.2) is 0 Å². The van der Waals surface area contributed by atoms with Crippen LogP contribution >= 0.6 is 0 Å². The molecular formula is C12H22N4. The Morgan fingerprint density at radius 1 is 1.25 bits per heavy atom. The summed E-state index contributed by atoms with van der Waals surface area (Å²) in [5, 5.41) is 3.32. The van der Waals surface area contributed by atoms with Gasteiger partial charge in [-0.1, -0.05) is 0 Å². The van der Waals surface area contributed by atoms with Crippen molar-refractivity contribution in [1.29, 1.82) is 0 Å². The Morgan fingerprint density at radius 2 is 1.94 bits per heavy atom. The lowest BCUT2D eigenvalue weighted by atomic mass is 10.2. The molecule has 0 amide bonds. The van der Waals surface area contributed by atoms with Crippen molar-refractivity contribution in [1.82, 2.24) is 4.90 Å². The molecule has 0 spiro atoms. The Morgan fingerprint density at radius 3 is 2.50 bits per heavy atom. The average Bonchev–Trinajstić information content (AvgIpc) is 2.23. The van der Waals surface area contributed by atoms with E-state index in [0.29, 0.717) is 17.4 Å². The van der Waals surface area contributed by atoms with E-state index in [9.17, 15) is 0 Å². The van der Waals surface area contributed by atoms with Crippen molar-refractivity contribution < 1.29 is 0 Å². The maximum atomic E-state index is 5.72. The first-order valence-electron chi connectivity index (χ1n) is 5.60. The molecule has 0 aliphatic rings. The first-order valence-corrected chi connectivity index (χ1v) is 5.60. The fourth-order valence-electron chi connectivity index (χ4n) is 1.32. The van der Waals surface area contributed by atoms with Gasteiger partial charge >= 0.3 is 0 Å². The number of nitrogens with two attached hydrogens (primary N) is 2. The van der Waals surface area contributed by atoms with E-state index < -0.39 is 0 Å². The highest BCUT2D eigenvalue weighted by Gasteiger charge is 2.02. The van der Waals surface area contributed by atoms with Crippen molar-refractivity contribution >= 4 is 17.1 Å². The molecule has 0 radical (unpaired) electrons. The lowest BCUT2D eigenvalue weighted by Gasteiger charge is -2.21. The fraction of sp³-hybridized carbons (Fsp3) is 0.500. The van der Waals surface area contributed by atoms with Gasteiger partial charge in [0.05, 0.1) is 11.4 Å². The topological polar surface area (TPSA) is 67.3 Å². The van der Waals surface area contributed by atoms with E-state index in [4.69, 9.17) is 11.5 Å². The summed E-state index contributed by atoms with van der Waals surface area (Å²) < 4.78 is 0. The third-order valence-corrected chi connectivity index (χ3v) is 2.76. The highest BCUT2D eigenvalue weighted by Crippen LogP contribution is 2.19. The zero-order valence-electron chi connectivity index (χ0n) is 10.3. The molecule has 90 valence electrons. The highest BCUT2D eigenvalue weighted by atomic mass is 15.1. The van der Waals surface area contributed by atoms with Crippen LogP contribution in [0.2, 0.25) is 0 Å². The minimum Gasteiger partial charge on any atom is -0.397 e. The van der Waals surface area contributed by atoms with Crippen LogP contribution in [0.25, 0.3) is 0 Å². The lowest BCUT2D eigenvalue weighted by molar-refractivity contribution is 0.284. The Bertz CT molecular complexity index is 336. The van der Waals surface area contributed by atoms with Crippen LogP contribution in [0.4, 0.5) is 17.1 Å². The Kier molecular flexibility index (Phi) is 4.43. The van der Waals surface area contributed by atoms with Crippen LogP contribution in [0.5, 0.6) is 0 Å². The summed E-state index contributed by atoms with van der Waals surface area (Å²) in [4.78, 5) is 2.29. The van der Waals surface area contributed by atoms with Crippen molar-refractivity contribution in [2.45, 2.75) is 19.9 Å². The minimum atomic E-state index is 0.568. The first kappa shape index (κ1) is 12.6. The monoisotopic (exact) mass is 222 g/mol. The number of rotatable bonds is 5. The molecule has 0 aromatic heterocycles. The van der Waals surface area contributed by atoms with Gasteiger partial charge in [0.2, 0.25) is 0 Å². The van der Waals surface area contributed by atoms with Crippen molar-refractivity contribution in [3.8, 4) is 0 Å². The number of anilines is 3. The molecular weight excluding hydrogens is 200 g/mol. The molecule has 4 nitrogen and oxygen atoms in total. The molecule has 0 unspecified atom stereocenters. The van der Waals surface area contributed by atoms with Crippen LogP contribution in [0.3, 0.4) is 0 Å². The maximum absolute atomic E-state index is 5.72. The second kappa shape index (κ2) is 5.61. The molecule has 0 fully saturated rings. The van der Waals surface area contributed by atoms with E-state index in [2.05, 4.69) is 31.1 Å². The van der Waals surface area contributed by atoms with Crippen molar-refractivity contribution in [3.63, 3.8) is 0 Å². The Hall–Kier alpha value is -1.42. The third kappa shape index (κ3) is 3.62. The fourth-order valence-corrected chi connectivity index (χ4v) is 1.32. The van der Waals surface area contributed by atoms with Crippen molar-refractivity contribution in [2.24, 2.45) is 0 Å². The van der Waals surface area contributed by atoms with Crippen molar-refractivity contribution in [3.05, 3.63) is 18.2 Å². The summed E-state index contributed by atoms with van der Waals surface area (Å²) in [6.45, 7) is 6.27. The third-order valence-electron chi connectivity index (χ3n) is 2.76. The number of hydrogen-bond donors (Lipinski definition) is 3. The molecule has 0 saturated carbocycles. The van der Waals surface area contributed by atoms with E-state index in [0.717, 1.165) is 18.8 Å². The van der Waals surface area contributed by atoms with Gasteiger partial charge in [-0.3, -0.25) is 0 Å². The molecule has 4 heteroatoms. The summed E-state index contributed by atoms with van der Waals surface area (Å²) in [7, 11) is 2.11. The number of benzene rings is 1. The summed E-state index contributed by atoms with van der Waals surface area (Å²) >= 11 is 0. The Labute approximate surface area is 97.6 Å². The molecule has 16 heavy (non-hydrogen) atoms. The molecule has 0 saturated heterocycles. The van der Waals surface area contributed by atoms with E-state index in [-0.39, 0.29) is 0 Å². The number of nitrogens with zero attached hydrogens (tertiary/aromatic N) is 1. The maximum Gasteiger partial charge on any atom is 0.0568 e. The van der Waals surface area contributed by atoms with Gasteiger partial charge in [0.15, 0.2) is 0 Å². The number of hydrogen-bond acceptors (Lipinski definition) is 4. The summed E-state index contributed by atoms with van der Waals surface area (Å²) in [6.07, 6.45) is 0. The van der Waals surface area contributed by atoms with Crippen LogP contribution in [0.15, 0.2) is 18.2 Å². The molecule has 0 aliphatic carbocycles. The van der Waals surface area contributed by atoms with Gasteiger partial charge in [0, 0.05) is 24.8 Å². The second-order valence-corrected chi connectivity index (χ2v) is 4.34.